The first-order valence-corrected chi connectivity index (χ1v) is 8.23. The van der Waals surface area contributed by atoms with E-state index in [1.165, 1.54) is 5.56 Å². The minimum Gasteiger partial charge on any atom is -0.340 e. The molecular weight excluding hydrogens is 260 g/mol. The Labute approximate surface area is 130 Å². The van der Waals surface area contributed by atoms with Gasteiger partial charge in [-0.3, -0.25) is 9.69 Å². The van der Waals surface area contributed by atoms with E-state index in [0.29, 0.717) is 6.04 Å². The zero-order chi connectivity index (χ0) is 16.3. The van der Waals surface area contributed by atoms with E-state index in [1.54, 1.807) is 6.92 Å². The Balaban J connectivity index is 0.000000921. The molecule has 1 fully saturated rings. The van der Waals surface area contributed by atoms with Gasteiger partial charge in [0.1, 0.15) is 0 Å². The zero-order valence-electron chi connectivity index (χ0n) is 14.6. The molecule has 0 aliphatic carbocycles. The third-order valence-electron chi connectivity index (χ3n) is 3.59. The smallest absolute Gasteiger partial charge is 0.219 e. The van der Waals surface area contributed by atoms with Crippen LogP contribution in [-0.4, -0.2) is 41.9 Å². The lowest BCUT2D eigenvalue weighted by atomic mass is 10.1. The molecule has 0 bridgehead atoms. The molecule has 120 valence electrons. The fourth-order valence-electron chi connectivity index (χ4n) is 2.37. The second kappa shape index (κ2) is 11.3. The first-order valence-electron chi connectivity index (χ1n) is 8.23. The van der Waals surface area contributed by atoms with Crippen molar-refractivity contribution in [2.24, 2.45) is 0 Å². The summed E-state index contributed by atoms with van der Waals surface area (Å²) in [5.74, 6) is 0.192. The van der Waals surface area contributed by atoms with Gasteiger partial charge in [0.15, 0.2) is 0 Å². The molecule has 2 rings (SSSR count). The summed E-state index contributed by atoms with van der Waals surface area (Å²) in [6, 6.07) is 11.0. The Morgan fingerprint density at radius 3 is 1.86 bits per heavy atom. The second-order valence-electron chi connectivity index (χ2n) is 4.63. The van der Waals surface area contributed by atoms with E-state index < -0.39 is 0 Å². The largest absolute Gasteiger partial charge is 0.340 e. The lowest BCUT2D eigenvalue weighted by Crippen LogP contribution is -2.48. The number of carbonyl (C=O) groups is 1. The van der Waals surface area contributed by atoms with Crippen molar-refractivity contribution < 1.29 is 4.79 Å². The van der Waals surface area contributed by atoms with Gasteiger partial charge in [-0.25, -0.2) is 0 Å². The molecule has 1 amide bonds. The van der Waals surface area contributed by atoms with E-state index >= 15 is 0 Å². The number of benzene rings is 1. The first kappa shape index (κ1) is 19.7. The van der Waals surface area contributed by atoms with Crippen molar-refractivity contribution >= 4 is 5.91 Å². The molecule has 0 spiro atoms. The van der Waals surface area contributed by atoms with Crippen molar-refractivity contribution in [3.05, 3.63) is 35.9 Å². The Hall–Kier alpha value is -1.35. The summed E-state index contributed by atoms with van der Waals surface area (Å²) in [6.07, 6.45) is 0. The maximum absolute atomic E-state index is 11.3. The van der Waals surface area contributed by atoms with Crippen molar-refractivity contribution in [2.75, 3.05) is 26.2 Å². The van der Waals surface area contributed by atoms with Crippen molar-refractivity contribution in [1.82, 2.24) is 9.80 Å². The average molecular weight is 292 g/mol. The molecule has 0 N–H and O–H groups in total. The van der Waals surface area contributed by atoms with Gasteiger partial charge in [0.05, 0.1) is 0 Å². The molecule has 0 aromatic heterocycles. The molecule has 1 saturated heterocycles. The molecule has 1 aliphatic rings. The van der Waals surface area contributed by atoms with Crippen LogP contribution in [0.4, 0.5) is 0 Å². The first-order chi connectivity index (χ1) is 10.2. The molecule has 0 saturated carbocycles. The van der Waals surface area contributed by atoms with Gasteiger partial charge in [0, 0.05) is 39.1 Å². The van der Waals surface area contributed by atoms with E-state index in [4.69, 9.17) is 0 Å². The molecule has 0 radical (unpaired) electrons. The lowest BCUT2D eigenvalue weighted by molar-refractivity contribution is -0.130. The predicted molar refractivity (Wildman–Crippen MR) is 91.4 cm³/mol. The van der Waals surface area contributed by atoms with Crippen molar-refractivity contribution in [3.8, 4) is 0 Å². The number of piperazine rings is 1. The van der Waals surface area contributed by atoms with E-state index in [0.717, 1.165) is 26.2 Å². The minimum atomic E-state index is 0.192. The number of hydrogen-bond acceptors (Lipinski definition) is 2. The molecule has 3 nitrogen and oxygen atoms in total. The van der Waals surface area contributed by atoms with E-state index in [2.05, 4.69) is 36.1 Å². The quantitative estimate of drug-likeness (QED) is 0.823. The zero-order valence-corrected chi connectivity index (χ0v) is 14.6. The van der Waals surface area contributed by atoms with Crippen LogP contribution in [0, 0.1) is 0 Å². The standard InChI is InChI=1S/C14H20N2O.2C2H6/c1-12(14-6-4-3-5-7-14)15-8-10-16(11-9-15)13(2)17;2*1-2/h3-7,12H,8-11H2,1-2H3;2*1-2H3. The summed E-state index contributed by atoms with van der Waals surface area (Å²) in [7, 11) is 0. The van der Waals surface area contributed by atoms with Crippen LogP contribution in [0.3, 0.4) is 0 Å². The second-order valence-corrected chi connectivity index (χ2v) is 4.63. The monoisotopic (exact) mass is 292 g/mol. The van der Waals surface area contributed by atoms with E-state index in [9.17, 15) is 4.79 Å². The Morgan fingerprint density at radius 2 is 1.43 bits per heavy atom. The third kappa shape index (κ3) is 6.30. The van der Waals surface area contributed by atoms with Crippen LogP contribution in [0.2, 0.25) is 0 Å². The van der Waals surface area contributed by atoms with E-state index in [-0.39, 0.29) is 5.91 Å². The SMILES string of the molecule is CC.CC.CC(=O)N1CCN(C(C)c2ccccc2)CC1. The normalized spacial score (nSPS) is 16.0. The van der Waals surface area contributed by atoms with Gasteiger partial charge in [0.2, 0.25) is 5.91 Å². The van der Waals surface area contributed by atoms with Crippen molar-refractivity contribution in [3.63, 3.8) is 0 Å². The number of carbonyl (C=O) groups excluding carboxylic acids is 1. The summed E-state index contributed by atoms with van der Waals surface area (Å²) < 4.78 is 0. The van der Waals surface area contributed by atoms with Crippen LogP contribution >= 0.6 is 0 Å². The average Bonchev–Trinajstić information content (AvgIpc) is 2.58. The Kier molecular flexibility index (Phi) is 10.6. The Morgan fingerprint density at radius 1 is 0.952 bits per heavy atom. The maximum atomic E-state index is 11.3. The molecule has 1 aromatic rings. The van der Waals surface area contributed by atoms with Crippen molar-refractivity contribution in [2.45, 2.75) is 47.6 Å². The molecule has 1 aromatic carbocycles. The van der Waals surface area contributed by atoms with Crippen LogP contribution in [-0.2, 0) is 4.79 Å². The number of amides is 1. The summed E-state index contributed by atoms with van der Waals surface area (Å²) in [6.45, 7) is 15.5. The van der Waals surface area contributed by atoms with Gasteiger partial charge in [-0.2, -0.15) is 0 Å². The summed E-state index contributed by atoms with van der Waals surface area (Å²) >= 11 is 0. The summed E-state index contributed by atoms with van der Waals surface area (Å²) in [5.41, 5.74) is 1.35. The van der Waals surface area contributed by atoms with Crippen LogP contribution in [0.15, 0.2) is 30.3 Å². The van der Waals surface area contributed by atoms with Gasteiger partial charge >= 0.3 is 0 Å². The fourth-order valence-corrected chi connectivity index (χ4v) is 2.37. The van der Waals surface area contributed by atoms with Gasteiger partial charge in [-0.15, -0.1) is 0 Å². The highest BCUT2D eigenvalue weighted by Crippen LogP contribution is 2.21. The molecule has 3 heteroatoms. The van der Waals surface area contributed by atoms with Crippen LogP contribution in [0.25, 0.3) is 0 Å². The third-order valence-corrected chi connectivity index (χ3v) is 3.59. The highest BCUT2D eigenvalue weighted by atomic mass is 16.2. The maximum Gasteiger partial charge on any atom is 0.219 e. The predicted octanol–water partition coefficient (Wildman–Crippen LogP) is 3.96. The fraction of sp³-hybridized carbons (Fsp3) is 0.611. The van der Waals surface area contributed by atoms with E-state index in [1.807, 2.05) is 38.7 Å². The van der Waals surface area contributed by atoms with Gasteiger partial charge < -0.3 is 4.90 Å². The molecule has 1 unspecified atom stereocenters. The number of nitrogens with zero attached hydrogens (tertiary/aromatic N) is 2. The van der Waals surface area contributed by atoms with Gasteiger partial charge in [-0.05, 0) is 12.5 Å². The minimum absolute atomic E-state index is 0.192. The Bertz CT molecular complexity index is 370. The number of rotatable bonds is 2. The lowest BCUT2D eigenvalue weighted by Gasteiger charge is -2.37. The molecular formula is C18H32N2O. The van der Waals surface area contributed by atoms with Crippen LogP contribution in [0.5, 0.6) is 0 Å². The highest BCUT2D eigenvalue weighted by molar-refractivity contribution is 5.73. The topological polar surface area (TPSA) is 23.6 Å². The molecule has 21 heavy (non-hydrogen) atoms. The number of hydrogen-bond donors (Lipinski definition) is 0. The van der Waals surface area contributed by atoms with Crippen molar-refractivity contribution in [1.29, 1.82) is 0 Å². The molecule has 1 aliphatic heterocycles. The van der Waals surface area contributed by atoms with Crippen LogP contribution in [0.1, 0.15) is 53.1 Å². The van der Waals surface area contributed by atoms with Gasteiger partial charge in [-0.1, -0.05) is 58.0 Å². The summed E-state index contributed by atoms with van der Waals surface area (Å²) in [5, 5.41) is 0. The molecule has 1 heterocycles. The van der Waals surface area contributed by atoms with Crippen LogP contribution < -0.4 is 0 Å². The van der Waals surface area contributed by atoms with Gasteiger partial charge in [0.25, 0.3) is 0 Å². The highest BCUT2D eigenvalue weighted by Gasteiger charge is 2.22. The molecule has 1 atom stereocenters. The summed E-state index contributed by atoms with van der Waals surface area (Å²) in [4.78, 5) is 15.6.